The first-order valence-corrected chi connectivity index (χ1v) is 10.2. The van der Waals surface area contributed by atoms with E-state index in [0.29, 0.717) is 24.5 Å². The van der Waals surface area contributed by atoms with Gasteiger partial charge in [0.1, 0.15) is 6.04 Å². The number of aryl methyl sites for hydroxylation is 1. The van der Waals surface area contributed by atoms with E-state index in [1.165, 1.54) is 0 Å². The number of carbonyl (C=O) groups is 2. The highest BCUT2D eigenvalue weighted by Crippen LogP contribution is 2.17. The minimum Gasteiger partial charge on any atom is -0.354 e. The summed E-state index contributed by atoms with van der Waals surface area (Å²) in [5, 5.41) is 3.53. The molecule has 0 aliphatic heterocycles. The van der Waals surface area contributed by atoms with Gasteiger partial charge in [0.2, 0.25) is 11.8 Å². The molecule has 150 valence electrons. The number of nitrogens with zero attached hydrogens (tertiary/aromatic N) is 1. The maximum Gasteiger partial charge on any atom is 0.242 e. The highest BCUT2D eigenvalue weighted by Gasteiger charge is 2.28. The molecule has 2 aromatic carbocycles. The Balaban J connectivity index is 2.26. The zero-order chi connectivity index (χ0) is 20.5. The van der Waals surface area contributed by atoms with Crippen LogP contribution in [0.25, 0.3) is 0 Å². The number of hydrogen-bond acceptors (Lipinski definition) is 2. The van der Waals surface area contributed by atoms with Gasteiger partial charge in [0.05, 0.1) is 6.42 Å². The van der Waals surface area contributed by atoms with Crippen molar-refractivity contribution >= 4 is 23.4 Å². The van der Waals surface area contributed by atoms with E-state index in [0.717, 1.165) is 23.1 Å². The molecule has 2 aromatic rings. The lowest BCUT2D eigenvalue weighted by Gasteiger charge is -2.31. The third kappa shape index (κ3) is 6.38. The van der Waals surface area contributed by atoms with Crippen LogP contribution in [0.15, 0.2) is 48.5 Å². The Morgan fingerprint density at radius 2 is 1.79 bits per heavy atom. The van der Waals surface area contributed by atoms with Crippen molar-refractivity contribution in [2.45, 2.75) is 52.6 Å². The Hall–Kier alpha value is -2.33. The second-order valence-corrected chi connectivity index (χ2v) is 7.47. The van der Waals surface area contributed by atoms with Crippen LogP contribution in [0.1, 0.15) is 43.4 Å². The molecule has 0 bridgehead atoms. The van der Waals surface area contributed by atoms with Gasteiger partial charge < -0.3 is 10.2 Å². The first kappa shape index (κ1) is 22.0. The van der Waals surface area contributed by atoms with Gasteiger partial charge in [-0.1, -0.05) is 67.4 Å². The maximum atomic E-state index is 13.2. The van der Waals surface area contributed by atoms with Crippen LogP contribution in [-0.4, -0.2) is 29.3 Å². The van der Waals surface area contributed by atoms with Gasteiger partial charge in [0.15, 0.2) is 0 Å². The monoisotopic (exact) mass is 400 g/mol. The summed E-state index contributed by atoms with van der Waals surface area (Å²) in [6.45, 7) is 6.98. The zero-order valence-electron chi connectivity index (χ0n) is 16.9. The first-order chi connectivity index (χ1) is 13.4. The molecule has 0 unspecified atom stereocenters. The highest BCUT2D eigenvalue weighted by atomic mass is 35.5. The fourth-order valence-electron chi connectivity index (χ4n) is 3.10. The fourth-order valence-corrected chi connectivity index (χ4v) is 3.31. The van der Waals surface area contributed by atoms with E-state index >= 15 is 0 Å². The van der Waals surface area contributed by atoms with E-state index in [2.05, 4.69) is 5.32 Å². The molecule has 0 spiro atoms. The normalized spacial score (nSPS) is 11.7. The van der Waals surface area contributed by atoms with Gasteiger partial charge in [-0.15, -0.1) is 0 Å². The molecule has 0 aliphatic carbocycles. The van der Waals surface area contributed by atoms with Gasteiger partial charge in [-0.25, -0.2) is 0 Å². The summed E-state index contributed by atoms with van der Waals surface area (Å²) in [7, 11) is 0. The van der Waals surface area contributed by atoms with Gasteiger partial charge in [-0.3, -0.25) is 9.59 Å². The van der Waals surface area contributed by atoms with Crippen molar-refractivity contribution in [3.63, 3.8) is 0 Å². The van der Waals surface area contributed by atoms with Gasteiger partial charge >= 0.3 is 0 Å². The third-order valence-corrected chi connectivity index (χ3v) is 4.89. The highest BCUT2D eigenvalue weighted by molar-refractivity contribution is 6.30. The Morgan fingerprint density at radius 1 is 1.07 bits per heavy atom. The van der Waals surface area contributed by atoms with E-state index in [-0.39, 0.29) is 18.2 Å². The van der Waals surface area contributed by atoms with Crippen molar-refractivity contribution in [2.75, 3.05) is 6.54 Å². The molecule has 1 atom stereocenters. The standard InChI is InChI=1S/C23H29ClN2O2/c1-4-13-25-23(28)21(5-2)26(16-18-11-9-17(3)10-12-18)22(27)15-19-7-6-8-20(24)14-19/h6-12,14,21H,4-5,13,15-16H2,1-3H3,(H,25,28)/t21-/m1/s1. The topological polar surface area (TPSA) is 49.4 Å². The molecule has 0 radical (unpaired) electrons. The molecule has 4 nitrogen and oxygen atoms in total. The minimum atomic E-state index is -0.500. The fraction of sp³-hybridized carbons (Fsp3) is 0.391. The molecule has 2 rings (SSSR count). The summed E-state index contributed by atoms with van der Waals surface area (Å²) in [6, 6.07) is 14.8. The lowest BCUT2D eigenvalue weighted by molar-refractivity contribution is -0.140. The molecule has 2 amide bonds. The van der Waals surface area contributed by atoms with Crippen LogP contribution < -0.4 is 5.32 Å². The van der Waals surface area contributed by atoms with Crippen LogP contribution in [-0.2, 0) is 22.6 Å². The SMILES string of the molecule is CCCNC(=O)[C@@H](CC)N(Cc1ccc(C)cc1)C(=O)Cc1cccc(Cl)c1. The second kappa shape index (κ2) is 10.9. The Labute approximate surface area is 172 Å². The lowest BCUT2D eigenvalue weighted by atomic mass is 10.1. The first-order valence-electron chi connectivity index (χ1n) is 9.81. The quantitative estimate of drug-likeness (QED) is 0.672. The predicted octanol–water partition coefficient (Wildman–Crippen LogP) is 4.52. The van der Waals surface area contributed by atoms with Crippen molar-refractivity contribution in [2.24, 2.45) is 0 Å². The summed E-state index contributed by atoms with van der Waals surface area (Å²) in [6.07, 6.45) is 1.63. The second-order valence-electron chi connectivity index (χ2n) is 7.03. The van der Waals surface area contributed by atoms with E-state index in [1.54, 1.807) is 17.0 Å². The van der Waals surface area contributed by atoms with E-state index < -0.39 is 6.04 Å². The van der Waals surface area contributed by atoms with Crippen molar-refractivity contribution in [3.05, 3.63) is 70.2 Å². The summed E-state index contributed by atoms with van der Waals surface area (Å²) in [5.41, 5.74) is 3.01. The molecule has 0 fully saturated rings. The third-order valence-electron chi connectivity index (χ3n) is 4.65. The summed E-state index contributed by atoms with van der Waals surface area (Å²) in [5.74, 6) is -0.183. The number of benzene rings is 2. The number of amides is 2. The number of rotatable bonds is 9. The summed E-state index contributed by atoms with van der Waals surface area (Å²) >= 11 is 6.06. The molecule has 0 aliphatic rings. The van der Waals surface area contributed by atoms with E-state index in [4.69, 9.17) is 11.6 Å². The Bertz CT molecular complexity index is 789. The van der Waals surface area contributed by atoms with E-state index in [9.17, 15) is 9.59 Å². The van der Waals surface area contributed by atoms with Gasteiger partial charge in [0.25, 0.3) is 0 Å². The Kier molecular flexibility index (Phi) is 8.52. The molecule has 0 heterocycles. The van der Waals surface area contributed by atoms with Crippen molar-refractivity contribution < 1.29 is 9.59 Å². The van der Waals surface area contributed by atoms with Crippen molar-refractivity contribution in [1.29, 1.82) is 0 Å². The van der Waals surface area contributed by atoms with Crippen molar-refractivity contribution in [1.82, 2.24) is 10.2 Å². The van der Waals surface area contributed by atoms with Crippen LogP contribution >= 0.6 is 11.6 Å². The number of halogens is 1. The molecule has 0 saturated carbocycles. The molecule has 5 heteroatoms. The lowest BCUT2D eigenvalue weighted by Crippen LogP contribution is -2.49. The summed E-state index contributed by atoms with van der Waals surface area (Å²) < 4.78 is 0. The smallest absolute Gasteiger partial charge is 0.242 e. The average Bonchev–Trinajstić information content (AvgIpc) is 2.67. The largest absolute Gasteiger partial charge is 0.354 e. The van der Waals surface area contributed by atoms with Gasteiger partial charge in [0, 0.05) is 18.1 Å². The van der Waals surface area contributed by atoms with Crippen LogP contribution in [0.5, 0.6) is 0 Å². The average molecular weight is 401 g/mol. The predicted molar refractivity (Wildman–Crippen MR) is 114 cm³/mol. The Morgan fingerprint density at radius 3 is 2.39 bits per heavy atom. The molecule has 28 heavy (non-hydrogen) atoms. The number of nitrogens with one attached hydrogen (secondary N) is 1. The van der Waals surface area contributed by atoms with Crippen molar-refractivity contribution in [3.8, 4) is 0 Å². The molecule has 1 N–H and O–H groups in total. The van der Waals surface area contributed by atoms with Crippen LogP contribution in [0.2, 0.25) is 5.02 Å². The van der Waals surface area contributed by atoms with E-state index in [1.807, 2.05) is 57.2 Å². The van der Waals surface area contributed by atoms with Gasteiger partial charge in [-0.05, 0) is 43.0 Å². The van der Waals surface area contributed by atoms with Gasteiger partial charge in [-0.2, -0.15) is 0 Å². The molecular weight excluding hydrogens is 372 g/mol. The molecule has 0 saturated heterocycles. The van der Waals surface area contributed by atoms with Crippen LogP contribution in [0.4, 0.5) is 0 Å². The molecular formula is C23H29ClN2O2. The summed E-state index contributed by atoms with van der Waals surface area (Å²) in [4.78, 5) is 27.6. The number of carbonyl (C=O) groups excluding carboxylic acids is 2. The molecule has 0 aromatic heterocycles. The number of hydrogen-bond donors (Lipinski definition) is 1. The maximum absolute atomic E-state index is 13.2. The minimum absolute atomic E-state index is 0.0821. The van der Waals surface area contributed by atoms with Crippen LogP contribution in [0.3, 0.4) is 0 Å². The zero-order valence-corrected chi connectivity index (χ0v) is 17.6. The van der Waals surface area contributed by atoms with Crippen LogP contribution in [0, 0.1) is 6.92 Å².